The third-order valence-electron chi connectivity index (χ3n) is 3.51. The zero-order valence-corrected chi connectivity index (χ0v) is 11.3. The Morgan fingerprint density at radius 3 is 2.90 bits per heavy atom. The van der Waals surface area contributed by atoms with Crippen molar-refractivity contribution in [3.05, 3.63) is 22.6 Å². The van der Waals surface area contributed by atoms with Crippen LogP contribution in [0.25, 0.3) is 0 Å². The quantitative estimate of drug-likeness (QED) is 0.624. The van der Waals surface area contributed by atoms with Crippen LogP contribution in [0.15, 0.2) is 12.5 Å². The maximum atomic E-state index is 12.0. The van der Waals surface area contributed by atoms with Gasteiger partial charge in [-0.2, -0.15) is 0 Å². The summed E-state index contributed by atoms with van der Waals surface area (Å²) in [4.78, 5) is 38.1. The summed E-state index contributed by atoms with van der Waals surface area (Å²) in [5.74, 6) is -1.78. The van der Waals surface area contributed by atoms with Gasteiger partial charge >= 0.3 is 11.8 Å². The van der Waals surface area contributed by atoms with E-state index in [9.17, 15) is 19.7 Å². The Balaban J connectivity index is 1.86. The average molecular weight is 296 g/mol. The molecule has 0 radical (unpaired) electrons. The van der Waals surface area contributed by atoms with Crippen molar-refractivity contribution in [3.8, 4) is 0 Å². The van der Waals surface area contributed by atoms with Gasteiger partial charge in [0.25, 0.3) is 0 Å². The van der Waals surface area contributed by atoms with Crippen LogP contribution in [0.2, 0.25) is 0 Å². The first-order valence-electron chi connectivity index (χ1n) is 6.64. The first-order valence-corrected chi connectivity index (χ1v) is 6.64. The monoisotopic (exact) mass is 296 g/mol. The van der Waals surface area contributed by atoms with Crippen molar-refractivity contribution < 1.29 is 19.6 Å². The van der Waals surface area contributed by atoms with Crippen LogP contribution >= 0.6 is 0 Å². The molecule has 1 fully saturated rings. The molecule has 9 nitrogen and oxygen atoms in total. The number of aromatic nitrogens is 2. The number of amides is 1. The van der Waals surface area contributed by atoms with Gasteiger partial charge in [-0.15, -0.1) is 0 Å². The molecule has 1 amide bonds. The van der Waals surface area contributed by atoms with Crippen LogP contribution in [0.4, 0.5) is 5.82 Å². The third kappa shape index (κ3) is 3.77. The number of carboxylic acids is 1. The predicted molar refractivity (Wildman–Crippen MR) is 70.4 cm³/mol. The number of nitrogens with zero attached hydrogens (tertiary/aromatic N) is 4. The van der Waals surface area contributed by atoms with Gasteiger partial charge in [0.2, 0.25) is 12.2 Å². The van der Waals surface area contributed by atoms with Gasteiger partial charge in [0.15, 0.2) is 0 Å². The van der Waals surface area contributed by atoms with E-state index in [0.29, 0.717) is 19.4 Å². The van der Waals surface area contributed by atoms with Crippen molar-refractivity contribution in [2.24, 2.45) is 5.92 Å². The van der Waals surface area contributed by atoms with Crippen molar-refractivity contribution >= 4 is 17.7 Å². The maximum absolute atomic E-state index is 12.0. The van der Waals surface area contributed by atoms with Gasteiger partial charge in [0.05, 0.1) is 5.92 Å². The molecule has 0 bridgehead atoms. The number of carbonyl (C=O) groups excluding carboxylic acids is 1. The molecule has 1 saturated heterocycles. The number of rotatable bonds is 5. The number of carbonyl (C=O) groups is 2. The molecule has 0 aromatic carbocycles. The lowest BCUT2D eigenvalue weighted by Gasteiger charge is -2.30. The minimum atomic E-state index is -0.877. The number of hydrogen-bond acceptors (Lipinski definition) is 5. The van der Waals surface area contributed by atoms with E-state index < -0.39 is 16.8 Å². The van der Waals surface area contributed by atoms with Gasteiger partial charge in [0, 0.05) is 26.1 Å². The molecule has 2 heterocycles. The maximum Gasteiger partial charge on any atom is 0.381 e. The van der Waals surface area contributed by atoms with Crippen LogP contribution in [-0.2, 0) is 16.1 Å². The van der Waals surface area contributed by atoms with E-state index in [0.717, 1.165) is 0 Å². The number of imidazole rings is 1. The summed E-state index contributed by atoms with van der Waals surface area (Å²) in [7, 11) is 0. The zero-order valence-electron chi connectivity index (χ0n) is 11.3. The SMILES string of the molecule is O=C(O)[C@@H]1CCCN(C(=O)CCn2cnc([N+](=O)[O-])c2)C1. The summed E-state index contributed by atoms with van der Waals surface area (Å²) < 4.78 is 1.48. The molecule has 2 rings (SSSR count). The summed E-state index contributed by atoms with van der Waals surface area (Å²) in [6, 6.07) is 0. The predicted octanol–water partition coefficient (Wildman–Crippen LogP) is 0.505. The minimum Gasteiger partial charge on any atom is -0.481 e. The van der Waals surface area contributed by atoms with E-state index in [1.165, 1.54) is 17.1 Å². The van der Waals surface area contributed by atoms with Crippen molar-refractivity contribution in [2.75, 3.05) is 13.1 Å². The van der Waals surface area contributed by atoms with E-state index in [1.54, 1.807) is 4.90 Å². The molecule has 1 aromatic rings. The van der Waals surface area contributed by atoms with Crippen LogP contribution in [0.5, 0.6) is 0 Å². The first-order chi connectivity index (χ1) is 9.97. The summed E-state index contributed by atoms with van der Waals surface area (Å²) in [5, 5.41) is 19.5. The van der Waals surface area contributed by atoms with Gasteiger partial charge in [0.1, 0.15) is 6.20 Å². The Labute approximate surface area is 120 Å². The normalized spacial score (nSPS) is 18.5. The van der Waals surface area contributed by atoms with Gasteiger partial charge < -0.3 is 24.7 Å². The summed E-state index contributed by atoms with van der Waals surface area (Å²) in [5.41, 5.74) is 0. The Hall–Kier alpha value is -2.45. The van der Waals surface area contributed by atoms with Gasteiger partial charge in [-0.1, -0.05) is 0 Å². The number of aliphatic carboxylic acids is 1. The van der Waals surface area contributed by atoms with Crippen molar-refractivity contribution in [1.82, 2.24) is 14.5 Å². The van der Waals surface area contributed by atoms with Crippen molar-refractivity contribution in [2.45, 2.75) is 25.8 Å². The third-order valence-corrected chi connectivity index (χ3v) is 3.51. The van der Waals surface area contributed by atoms with E-state index in [4.69, 9.17) is 5.11 Å². The summed E-state index contributed by atoms with van der Waals surface area (Å²) in [6.07, 6.45) is 4.01. The highest BCUT2D eigenvalue weighted by molar-refractivity contribution is 5.78. The largest absolute Gasteiger partial charge is 0.481 e. The number of aryl methyl sites for hydroxylation is 1. The highest BCUT2D eigenvalue weighted by atomic mass is 16.6. The fourth-order valence-electron chi connectivity index (χ4n) is 2.35. The van der Waals surface area contributed by atoms with E-state index >= 15 is 0 Å². The molecule has 0 saturated carbocycles. The fraction of sp³-hybridized carbons (Fsp3) is 0.583. The average Bonchev–Trinajstić information content (AvgIpc) is 2.94. The number of piperidine rings is 1. The molecular formula is C12H16N4O5. The number of likely N-dealkylation sites (tertiary alicyclic amines) is 1. The van der Waals surface area contributed by atoms with Crippen molar-refractivity contribution in [1.29, 1.82) is 0 Å². The van der Waals surface area contributed by atoms with Crippen LogP contribution in [0.1, 0.15) is 19.3 Å². The molecule has 0 unspecified atom stereocenters. The smallest absolute Gasteiger partial charge is 0.381 e. The van der Waals surface area contributed by atoms with Crippen LogP contribution in [0.3, 0.4) is 0 Å². The highest BCUT2D eigenvalue weighted by Gasteiger charge is 2.27. The Morgan fingerprint density at radius 1 is 1.52 bits per heavy atom. The van der Waals surface area contributed by atoms with Crippen LogP contribution in [-0.4, -0.2) is 49.4 Å². The van der Waals surface area contributed by atoms with Crippen molar-refractivity contribution in [3.63, 3.8) is 0 Å². The highest BCUT2D eigenvalue weighted by Crippen LogP contribution is 2.17. The number of carboxylic acid groups (broad SMARTS) is 1. The molecule has 1 atom stereocenters. The second-order valence-corrected chi connectivity index (χ2v) is 4.99. The Bertz CT molecular complexity index is 556. The molecular weight excluding hydrogens is 280 g/mol. The molecule has 0 spiro atoms. The molecule has 9 heteroatoms. The minimum absolute atomic E-state index is 0.141. The van der Waals surface area contributed by atoms with E-state index in [-0.39, 0.29) is 31.2 Å². The first kappa shape index (κ1) is 14.9. The summed E-state index contributed by atoms with van der Waals surface area (Å²) >= 11 is 0. The molecule has 1 aliphatic heterocycles. The molecule has 1 aliphatic rings. The Morgan fingerprint density at radius 2 is 2.29 bits per heavy atom. The molecule has 1 N–H and O–H groups in total. The number of hydrogen-bond donors (Lipinski definition) is 1. The fourth-order valence-corrected chi connectivity index (χ4v) is 2.35. The standard InChI is InChI=1S/C12H16N4O5/c17-11(15-4-1-2-9(6-15)12(18)19)3-5-14-7-10(13-8-14)16(20)21/h7-9H,1-6H2,(H,18,19)/t9-/m1/s1. The Kier molecular flexibility index (Phi) is 4.51. The lowest BCUT2D eigenvalue weighted by atomic mass is 9.98. The lowest BCUT2D eigenvalue weighted by Crippen LogP contribution is -2.42. The van der Waals surface area contributed by atoms with Crippen LogP contribution < -0.4 is 0 Å². The van der Waals surface area contributed by atoms with E-state index in [2.05, 4.69) is 4.98 Å². The van der Waals surface area contributed by atoms with Gasteiger partial charge in [-0.25, -0.2) is 0 Å². The van der Waals surface area contributed by atoms with Crippen LogP contribution in [0, 0.1) is 16.0 Å². The molecule has 114 valence electrons. The molecule has 1 aromatic heterocycles. The summed E-state index contributed by atoms with van der Waals surface area (Å²) in [6.45, 7) is 1.08. The second kappa shape index (κ2) is 6.33. The zero-order chi connectivity index (χ0) is 15.4. The van der Waals surface area contributed by atoms with E-state index in [1.807, 2.05) is 0 Å². The molecule has 0 aliphatic carbocycles. The number of nitro groups is 1. The topological polar surface area (TPSA) is 119 Å². The second-order valence-electron chi connectivity index (χ2n) is 4.99. The van der Waals surface area contributed by atoms with Gasteiger partial charge in [-0.05, 0) is 22.7 Å². The van der Waals surface area contributed by atoms with Gasteiger partial charge in [-0.3, -0.25) is 9.59 Å². The molecule has 21 heavy (non-hydrogen) atoms. The lowest BCUT2D eigenvalue weighted by molar-refractivity contribution is -0.389.